The van der Waals surface area contributed by atoms with Crippen LogP contribution >= 0.6 is 0 Å². The smallest absolute Gasteiger partial charge is 0.319 e. The van der Waals surface area contributed by atoms with E-state index in [-0.39, 0.29) is 6.03 Å². The number of aromatic nitrogens is 1. The molecule has 38 heavy (non-hydrogen) atoms. The fourth-order valence-corrected chi connectivity index (χ4v) is 4.84. The number of carbonyl (C=O) groups is 1. The number of amides is 2. The van der Waals surface area contributed by atoms with Crippen molar-refractivity contribution in [1.82, 2.24) is 15.2 Å². The van der Waals surface area contributed by atoms with Crippen LogP contribution in [0.1, 0.15) is 42.5 Å². The highest BCUT2D eigenvalue weighted by Gasteiger charge is 2.20. The Morgan fingerprint density at radius 2 is 1.76 bits per heavy atom. The lowest BCUT2D eigenvalue weighted by molar-refractivity contribution is 0.251. The number of para-hydroxylation sites is 1. The van der Waals surface area contributed by atoms with Crippen molar-refractivity contribution in [2.45, 2.75) is 39.0 Å². The molecule has 4 aromatic rings. The second kappa shape index (κ2) is 12.4. The molecule has 6 heteroatoms. The maximum atomic E-state index is 12.2. The molecule has 0 saturated carbocycles. The average Bonchev–Trinajstić information content (AvgIpc) is 3.51. The Balaban J connectivity index is 1.19. The number of anilines is 1. The number of hydrogen-bond acceptors (Lipinski definition) is 4. The summed E-state index contributed by atoms with van der Waals surface area (Å²) in [6.45, 7) is 5.51. The number of pyridine rings is 1. The summed E-state index contributed by atoms with van der Waals surface area (Å²) < 4.78 is 6.27. The van der Waals surface area contributed by atoms with Gasteiger partial charge in [0.05, 0.1) is 0 Å². The van der Waals surface area contributed by atoms with Gasteiger partial charge in [-0.05, 0) is 85.4 Å². The van der Waals surface area contributed by atoms with Crippen LogP contribution in [0.2, 0.25) is 0 Å². The highest BCUT2D eigenvalue weighted by atomic mass is 16.5. The van der Waals surface area contributed by atoms with Crippen molar-refractivity contribution in [1.29, 1.82) is 0 Å². The van der Waals surface area contributed by atoms with Gasteiger partial charge in [-0.25, -0.2) is 4.79 Å². The summed E-state index contributed by atoms with van der Waals surface area (Å²) in [5.74, 6) is 0.857. The van der Waals surface area contributed by atoms with E-state index in [1.165, 1.54) is 37.1 Å². The van der Waals surface area contributed by atoms with Crippen LogP contribution < -0.4 is 15.4 Å². The fourth-order valence-electron chi connectivity index (χ4n) is 4.84. The minimum atomic E-state index is -0.256. The van der Waals surface area contributed by atoms with Crippen LogP contribution in [0.15, 0.2) is 97.3 Å². The molecule has 2 amide bonds. The van der Waals surface area contributed by atoms with Crippen LogP contribution in [-0.2, 0) is 13.2 Å². The fraction of sp³-hybridized carbons (Fsp3) is 0.250. The molecular weight excluding hydrogens is 472 g/mol. The van der Waals surface area contributed by atoms with Crippen molar-refractivity contribution < 1.29 is 9.53 Å². The Morgan fingerprint density at radius 1 is 0.947 bits per heavy atom. The molecule has 1 fully saturated rings. The van der Waals surface area contributed by atoms with Crippen LogP contribution in [0.5, 0.6) is 5.75 Å². The number of urea groups is 1. The van der Waals surface area contributed by atoms with E-state index in [1.54, 1.807) is 12.4 Å². The number of likely N-dealkylation sites (tertiary alicyclic amines) is 1. The van der Waals surface area contributed by atoms with Gasteiger partial charge in [0.25, 0.3) is 0 Å². The first-order chi connectivity index (χ1) is 18.7. The molecule has 1 aliphatic heterocycles. The Kier molecular flexibility index (Phi) is 8.31. The second-order valence-electron chi connectivity index (χ2n) is 9.70. The number of nitrogens with one attached hydrogen (secondary N) is 2. The van der Waals surface area contributed by atoms with Crippen LogP contribution in [0.3, 0.4) is 0 Å². The molecule has 1 aromatic heterocycles. The van der Waals surface area contributed by atoms with Gasteiger partial charge in [0.2, 0.25) is 0 Å². The highest BCUT2D eigenvalue weighted by Crippen LogP contribution is 2.33. The highest BCUT2D eigenvalue weighted by molar-refractivity contribution is 5.89. The SMILES string of the molecule is CC(c1cccc(-c2ccccc2OCc2ccc(NC(=O)NCc3cccnc3)cc2)c1)N1CCCC1. The topological polar surface area (TPSA) is 66.5 Å². The summed E-state index contributed by atoms with van der Waals surface area (Å²) in [5.41, 5.74) is 6.29. The summed E-state index contributed by atoms with van der Waals surface area (Å²) in [4.78, 5) is 18.8. The third-order valence-electron chi connectivity index (χ3n) is 7.04. The van der Waals surface area contributed by atoms with Crippen molar-refractivity contribution in [3.05, 3.63) is 114 Å². The zero-order chi connectivity index (χ0) is 26.2. The summed E-state index contributed by atoms with van der Waals surface area (Å²) in [6.07, 6.45) is 6.02. The van der Waals surface area contributed by atoms with E-state index in [4.69, 9.17) is 4.74 Å². The van der Waals surface area contributed by atoms with Gasteiger partial charge in [-0.2, -0.15) is 0 Å². The number of benzene rings is 3. The minimum Gasteiger partial charge on any atom is -0.488 e. The van der Waals surface area contributed by atoms with E-state index < -0.39 is 0 Å². The average molecular weight is 507 g/mol. The van der Waals surface area contributed by atoms with Gasteiger partial charge in [0.15, 0.2) is 0 Å². The maximum absolute atomic E-state index is 12.2. The molecule has 2 N–H and O–H groups in total. The first-order valence-corrected chi connectivity index (χ1v) is 13.2. The lowest BCUT2D eigenvalue weighted by Gasteiger charge is -2.24. The number of hydrogen-bond donors (Lipinski definition) is 2. The Bertz CT molecular complexity index is 1340. The largest absolute Gasteiger partial charge is 0.488 e. The van der Waals surface area contributed by atoms with Gasteiger partial charge in [-0.15, -0.1) is 0 Å². The minimum absolute atomic E-state index is 0.256. The molecule has 6 nitrogen and oxygen atoms in total. The standard InChI is InChI=1S/C32H34N4O2/c1-24(36-18-4-5-19-36)27-9-6-10-28(20-27)30-11-2-3-12-31(30)38-23-25-13-15-29(16-14-25)35-32(37)34-22-26-8-7-17-33-21-26/h2-3,6-17,20-21,24H,4-5,18-19,22-23H2,1H3,(H2,34,35,37). The number of rotatable bonds is 9. The molecule has 0 radical (unpaired) electrons. The molecule has 1 saturated heterocycles. The van der Waals surface area contributed by atoms with Crippen molar-refractivity contribution in [2.24, 2.45) is 0 Å². The molecule has 3 aromatic carbocycles. The summed E-state index contributed by atoms with van der Waals surface area (Å²) >= 11 is 0. The third-order valence-corrected chi connectivity index (χ3v) is 7.04. The van der Waals surface area contributed by atoms with Crippen molar-refractivity contribution in [2.75, 3.05) is 18.4 Å². The number of ether oxygens (including phenoxy) is 1. The second-order valence-corrected chi connectivity index (χ2v) is 9.70. The molecule has 194 valence electrons. The number of carbonyl (C=O) groups excluding carboxylic acids is 1. The number of nitrogens with zero attached hydrogens (tertiary/aromatic N) is 2. The van der Waals surface area contributed by atoms with E-state index in [2.05, 4.69) is 63.8 Å². The van der Waals surface area contributed by atoms with Crippen molar-refractivity contribution in [3.63, 3.8) is 0 Å². The van der Waals surface area contributed by atoms with Gasteiger partial charge in [0, 0.05) is 36.2 Å². The van der Waals surface area contributed by atoms with E-state index in [9.17, 15) is 4.79 Å². The first-order valence-electron chi connectivity index (χ1n) is 13.2. The van der Waals surface area contributed by atoms with E-state index in [1.807, 2.05) is 48.5 Å². The zero-order valence-electron chi connectivity index (χ0n) is 21.8. The van der Waals surface area contributed by atoms with E-state index in [0.717, 1.165) is 28.1 Å². The predicted molar refractivity (Wildman–Crippen MR) is 152 cm³/mol. The molecular formula is C32H34N4O2. The lowest BCUT2D eigenvalue weighted by atomic mass is 9.99. The van der Waals surface area contributed by atoms with E-state index in [0.29, 0.717) is 19.2 Å². The molecule has 0 spiro atoms. The molecule has 1 atom stereocenters. The third kappa shape index (κ3) is 6.58. The van der Waals surface area contributed by atoms with Gasteiger partial charge >= 0.3 is 6.03 Å². The predicted octanol–water partition coefficient (Wildman–Crippen LogP) is 6.81. The maximum Gasteiger partial charge on any atom is 0.319 e. The van der Waals surface area contributed by atoms with Gasteiger partial charge < -0.3 is 15.4 Å². The summed E-state index contributed by atoms with van der Waals surface area (Å²) in [7, 11) is 0. The van der Waals surface area contributed by atoms with Crippen molar-refractivity contribution >= 4 is 11.7 Å². The van der Waals surface area contributed by atoms with Crippen LogP contribution in [0.4, 0.5) is 10.5 Å². The Hall–Kier alpha value is -4.16. The first kappa shape index (κ1) is 25.5. The van der Waals surface area contributed by atoms with Gasteiger partial charge in [-0.1, -0.05) is 54.6 Å². The van der Waals surface area contributed by atoms with Gasteiger partial charge in [0.1, 0.15) is 12.4 Å². The Morgan fingerprint density at radius 3 is 2.55 bits per heavy atom. The monoisotopic (exact) mass is 506 g/mol. The molecule has 2 heterocycles. The summed E-state index contributed by atoms with van der Waals surface area (Å²) in [6, 6.07) is 28.7. The van der Waals surface area contributed by atoms with Crippen LogP contribution in [0.25, 0.3) is 11.1 Å². The molecule has 5 rings (SSSR count). The Labute approximate surface area is 224 Å². The van der Waals surface area contributed by atoms with E-state index >= 15 is 0 Å². The van der Waals surface area contributed by atoms with Gasteiger partial charge in [-0.3, -0.25) is 9.88 Å². The summed E-state index contributed by atoms with van der Waals surface area (Å²) in [5, 5.41) is 5.70. The van der Waals surface area contributed by atoms with Crippen LogP contribution in [0, 0.1) is 0 Å². The zero-order valence-corrected chi connectivity index (χ0v) is 21.8. The molecule has 1 aliphatic rings. The van der Waals surface area contributed by atoms with Crippen LogP contribution in [-0.4, -0.2) is 29.0 Å². The molecule has 0 bridgehead atoms. The quantitative estimate of drug-likeness (QED) is 0.262. The molecule has 1 unspecified atom stereocenters. The normalized spacial score (nSPS) is 14.1. The molecule has 0 aliphatic carbocycles. The lowest BCUT2D eigenvalue weighted by Crippen LogP contribution is -2.28. The van der Waals surface area contributed by atoms with Crippen molar-refractivity contribution in [3.8, 4) is 16.9 Å².